The first kappa shape index (κ1) is 16.1. The van der Waals surface area contributed by atoms with Gasteiger partial charge in [-0.25, -0.2) is 4.79 Å². The largest absolute Gasteiger partial charge is 0.444 e. The summed E-state index contributed by atoms with van der Waals surface area (Å²) in [4.78, 5) is 15.1. The van der Waals surface area contributed by atoms with E-state index in [9.17, 15) is 4.79 Å². The minimum Gasteiger partial charge on any atom is -0.444 e. The molecule has 0 saturated carbocycles. The molecule has 3 rings (SSSR count). The van der Waals surface area contributed by atoms with E-state index in [1.165, 1.54) is 0 Å². The molecule has 5 heteroatoms. The average Bonchev–Trinajstić information content (AvgIpc) is 3.01. The molecule has 0 fully saturated rings. The topological polar surface area (TPSA) is 74.4 Å². The maximum absolute atomic E-state index is 11.9. The molecular weight excluding hydrogens is 304 g/mol. The lowest BCUT2D eigenvalue weighted by molar-refractivity contribution is 0.155. The predicted octanol–water partition coefficient (Wildman–Crippen LogP) is 3.84. The number of fused-ring (bicyclic) bond motifs is 1. The second kappa shape index (κ2) is 7.66. The number of aromatic nitrogens is 1. The molecule has 0 unspecified atom stereocenters. The molecule has 5 nitrogen and oxygen atoms in total. The maximum atomic E-state index is 11.9. The van der Waals surface area contributed by atoms with Crippen LogP contribution in [0.15, 0.2) is 54.7 Å². The van der Waals surface area contributed by atoms with Crippen molar-refractivity contribution in [3.8, 4) is 0 Å². The minimum absolute atomic E-state index is 0.163. The second-order valence-corrected chi connectivity index (χ2v) is 5.59. The number of carbonyl (C=O) groups excluding carboxylic acids is 1. The number of anilines is 1. The van der Waals surface area contributed by atoms with Crippen molar-refractivity contribution in [3.05, 3.63) is 65.9 Å². The number of benzene rings is 2. The lowest BCUT2D eigenvalue weighted by Crippen LogP contribution is -2.13. The summed E-state index contributed by atoms with van der Waals surface area (Å²) in [6.45, 7) is 0.400. The van der Waals surface area contributed by atoms with E-state index in [2.05, 4.69) is 10.3 Å². The number of H-pyrrole nitrogens is 1. The van der Waals surface area contributed by atoms with Gasteiger partial charge in [0.05, 0.1) is 0 Å². The van der Waals surface area contributed by atoms with E-state index in [1.54, 1.807) is 0 Å². The molecule has 0 saturated heterocycles. The number of hydrogen-bond acceptors (Lipinski definition) is 3. The standard InChI is InChI=1S/C19H20N2O3/c22-10-4-7-15-12-20-18-9-8-16(11-17(15)18)21-19(23)24-13-14-5-2-1-3-6-14/h1-3,5-6,8-9,11-12,20,22H,4,7,10,13H2,(H,21,23). The Labute approximate surface area is 140 Å². The fourth-order valence-corrected chi connectivity index (χ4v) is 2.61. The molecule has 2 aromatic carbocycles. The summed E-state index contributed by atoms with van der Waals surface area (Å²) < 4.78 is 5.23. The Hall–Kier alpha value is -2.79. The summed E-state index contributed by atoms with van der Waals surface area (Å²) in [6.07, 6.45) is 2.96. The van der Waals surface area contributed by atoms with E-state index >= 15 is 0 Å². The summed E-state index contributed by atoms with van der Waals surface area (Å²) in [7, 11) is 0. The van der Waals surface area contributed by atoms with Crippen LogP contribution in [0.25, 0.3) is 10.9 Å². The van der Waals surface area contributed by atoms with Gasteiger partial charge in [-0.2, -0.15) is 0 Å². The lowest BCUT2D eigenvalue weighted by atomic mass is 10.1. The number of carbonyl (C=O) groups is 1. The van der Waals surface area contributed by atoms with Gasteiger partial charge in [-0.05, 0) is 42.2 Å². The Morgan fingerprint density at radius 1 is 1.17 bits per heavy atom. The fraction of sp³-hybridized carbons (Fsp3) is 0.211. The van der Waals surface area contributed by atoms with Crippen LogP contribution in [0.3, 0.4) is 0 Å². The highest BCUT2D eigenvalue weighted by Crippen LogP contribution is 2.23. The van der Waals surface area contributed by atoms with E-state index in [4.69, 9.17) is 9.84 Å². The zero-order chi connectivity index (χ0) is 16.8. The molecule has 1 amide bonds. The Morgan fingerprint density at radius 3 is 2.79 bits per heavy atom. The van der Waals surface area contributed by atoms with Crippen molar-refractivity contribution in [3.63, 3.8) is 0 Å². The van der Waals surface area contributed by atoms with Gasteiger partial charge in [-0.1, -0.05) is 30.3 Å². The molecule has 0 bridgehead atoms. The molecule has 3 N–H and O–H groups in total. The van der Waals surface area contributed by atoms with Gasteiger partial charge in [0.15, 0.2) is 0 Å². The van der Waals surface area contributed by atoms with Crippen LogP contribution in [0.5, 0.6) is 0 Å². The number of ether oxygens (including phenoxy) is 1. The smallest absolute Gasteiger partial charge is 0.411 e. The maximum Gasteiger partial charge on any atom is 0.411 e. The first-order valence-corrected chi connectivity index (χ1v) is 7.95. The summed E-state index contributed by atoms with van der Waals surface area (Å²) in [6, 6.07) is 15.2. The number of aryl methyl sites for hydroxylation is 1. The molecule has 0 spiro atoms. The van der Waals surface area contributed by atoms with Gasteiger partial charge in [-0.3, -0.25) is 5.32 Å². The van der Waals surface area contributed by atoms with E-state index < -0.39 is 6.09 Å². The van der Waals surface area contributed by atoms with Crippen molar-refractivity contribution in [2.75, 3.05) is 11.9 Å². The highest BCUT2D eigenvalue weighted by Gasteiger charge is 2.08. The number of aliphatic hydroxyl groups is 1. The van der Waals surface area contributed by atoms with Gasteiger partial charge in [-0.15, -0.1) is 0 Å². The second-order valence-electron chi connectivity index (χ2n) is 5.59. The molecule has 0 radical (unpaired) electrons. The Morgan fingerprint density at radius 2 is 2.00 bits per heavy atom. The zero-order valence-corrected chi connectivity index (χ0v) is 13.3. The van der Waals surface area contributed by atoms with E-state index in [0.29, 0.717) is 12.1 Å². The molecule has 0 aliphatic carbocycles. The summed E-state index contributed by atoms with van der Waals surface area (Å²) in [5, 5.41) is 12.8. The Balaban J connectivity index is 1.64. The van der Waals surface area contributed by atoms with Crippen LogP contribution >= 0.6 is 0 Å². The summed E-state index contributed by atoms with van der Waals surface area (Å²) in [5.41, 5.74) is 3.76. The van der Waals surface area contributed by atoms with E-state index in [-0.39, 0.29) is 13.2 Å². The average molecular weight is 324 g/mol. The van der Waals surface area contributed by atoms with Crippen LogP contribution in [-0.4, -0.2) is 22.8 Å². The lowest BCUT2D eigenvalue weighted by Gasteiger charge is -2.08. The third-order valence-corrected chi connectivity index (χ3v) is 3.83. The molecule has 24 heavy (non-hydrogen) atoms. The Bertz CT molecular complexity index is 812. The number of aromatic amines is 1. The van der Waals surface area contributed by atoms with Gasteiger partial charge >= 0.3 is 6.09 Å². The molecule has 0 aliphatic rings. The number of aliphatic hydroxyl groups excluding tert-OH is 1. The van der Waals surface area contributed by atoms with Crippen molar-refractivity contribution in [2.24, 2.45) is 0 Å². The quantitative estimate of drug-likeness (QED) is 0.645. The SMILES string of the molecule is O=C(Nc1ccc2[nH]cc(CCCO)c2c1)OCc1ccccc1. The summed E-state index contributed by atoms with van der Waals surface area (Å²) in [5.74, 6) is 0. The van der Waals surface area contributed by atoms with Crippen LogP contribution in [0.4, 0.5) is 10.5 Å². The fourth-order valence-electron chi connectivity index (χ4n) is 2.61. The van der Waals surface area contributed by atoms with Gasteiger partial charge < -0.3 is 14.8 Å². The van der Waals surface area contributed by atoms with Gasteiger partial charge in [0.25, 0.3) is 0 Å². The van der Waals surface area contributed by atoms with E-state index in [0.717, 1.165) is 28.5 Å². The number of amides is 1. The normalized spacial score (nSPS) is 10.7. The van der Waals surface area contributed by atoms with Crippen molar-refractivity contribution in [1.29, 1.82) is 0 Å². The van der Waals surface area contributed by atoms with Crippen LogP contribution in [0, 0.1) is 0 Å². The molecule has 124 valence electrons. The molecule has 1 heterocycles. The molecule has 1 aromatic heterocycles. The number of nitrogens with one attached hydrogen (secondary N) is 2. The zero-order valence-electron chi connectivity index (χ0n) is 13.3. The highest BCUT2D eigenvalue weighted by atomic mass is 16.5. The molecule has 0 atom stereocenters. The van der Waals surface area contributed by atoms with Gasteiger partial charge in [0.1, 0.15) is 6.61 Å². The minimum atomic E-state index is -0.481. The van der Waals surface area contributed by atoms with Crippen molar-refractivity contribution >= 4 is 22.7 Å². The molecular formula is C19H20N2O3. The first-order valence-electron chi connectivity index (χ1n) is 7.95. The van der Waals surface area contributed by atoms with Crippen LogP contribution in [0.1, 0.15) is 17.5 Å². The number of rotatable bonds is 6. The molecule has 0 aliphatic heterocycles. The monoisotopic (exact) mass is 324 g/mol. The third-order valence-electron chi connectivity index (χ3n) is 3.83. The molecule has 3 aromatic rings. The van der Waals surface area contributed by atoms with Crippen molar-refractivity contribution in [1.82, 2.24) is 4.98 Å². The Kier molecular flexibility index (Phi) is 5.13. The van der Waals surface area contributed by atoms with Gasteiger partial charge in [0, 0.05) is 29.4 Å². The van der Waals surface area contributed by atoms with Crippen LogP contribution < -0.4 is 5.32 Å². The van der Waals surface area contributed by atoms with Crippen LogP contribution in [-0.2, 0) is 17.8 Å². The van der Waals surface area contributed by atoms with E-state index in [1.807, 2.05) is 54.7 Å². The van der Waals surface area contributed by atoms with Crippen molar-refractivity contribution in [2.45, 2.75) is 19.4 Å². The first-order chi connectivity index (χ1) is 11.8. The number of hydrogen-bond donors (Lipinski definition) is 3. The highest BCUT2D eigenvalue weighted by molar-refractivity contribution is 5.91. The van der Waals surface area contributed by atoms with Gasteiger partial charge in [0.2, 0.25) is 0 Å². The predicted molar refractivity (Wildman–Crippen MR) is 94.0 cm³/mol. The third kappa shape index (κ3) is 3.94. The van der Waals surface area contributed by atoms with Crippen molar-refractivity contribution < 1.29 is 14.6 Å². The summed E-state index contributed by atoms with van der Waals surface area (Å²) >= 11 is 0. The van der Waals surface area contributed by atoms with Crippen LogP contribution in [0.2, 0.25) is 0 Å².